The number of hydrogen-bond acceptors (Lipinski definition) is 6. The van der Waals surface area contributed by atoms with Gasteiger partial charge in [-0.2, -0.15) is 4.39 Å². The van der Waals surface area contributed by atoms with Crippen LogP contribution in [0.5, 0.6) is 0 Å². The van der Waals surface area contributed by atoms with Gasteiger partial charge in [-0.25, -0.2) is 9.36 Å². The number of nitrogens with zero attached hydrogens (tertiary/aromatic N) is 1. The fourth-order valence-corrected chi connectivity index (χ4v) is 2.02. The van der Waals surface area contributed by atoms with Crippen molar-refractivity contribution in [2.75, 3.05) is 6.61 Å². The third-order valence-electron chi connectivity index (χ3n) is 2.73. The van der Waals surface area contributed by atoms with E-state index in [1.54, 1.807) is 4.98 Å². The third-order valence-corrected chi connectivity index (χ3v) is 2.98. The van der Waals surface area contributed by atoms with E-state index in [1.807, 2.05) is 0 Å². The topological polar surface area (TPSA) is 111 Å². The van der Waals surface area contributed by atoms with Crippen molar-refractivity contribution < 1.29 is 23.3 Å². The van der Waals surface area contributed by atoms with Crippen LogP contribution >= 0.6 is 8.69 Å². The summed E-state index contributed by atoms with van der Waals surface area (Å²) in [4.78, 5) is 24.2. The van der Waals surface area contributed by atoms with Crippen molar-refractivity contribution in [3.8, 4) is 0 Å². The lowest BCUT2D eigenvalue weighted by atomic mass is 10.2. The lowest BCUT2D eigenvalue weighted by Gasteiger charge is -2.14. The van der Waals surface area contributed by atoms with Crippen LogP contribution in [0.25, 0.3) is 0 Å². The Morgan fingerprint density at radius 1 is 1.63 bits per heavy atom. The summed E-state index contributed by atoms with van der Waals surface area (Å²) in [6.07, 6.45) is -1.92. The number of nitrogens with one attached hydrogen (secondary N) is 1. The normalized spacial score (nSPS) is 26.9. The summed E-state index contributed by atoms with van der Waals surface area (Å²) in [6.45, 7) is -0.136. The summed E-state index contributed by atoms with van der Waals surface area (Å²) < 4.78 is 34.0. The van der Waals surface area contributed by atoms with Gasteiger partial charge in [0, 0.05) is 6.42 Å². The first-order valence-corrected chi connectivity index (χ1v) is 6.05. The van der Waals surface area contributed by atoms with Crippen LogP contribution in [-0.2, 0) is 13.8 Å². The quantitative estimate of drug-likeness (QED) is 0.727. The molecule has 10 heteroatoms. The van der Waals surface area contributed by atoms with Crippen LogP contribution in [-0.4, -0.2) is 33.5 Å². The van der Waals surface area contributed by atoms with E-state index in [1.165, 1.54) is 0 Å². The molecule has 3 atom stereocenters. The largest absolute Gasteiger partial charge is 0.390 e. The van der Waals surface area contributed by atoms with Gasteiger partial charge in [-0.1, -0.05) is 0 Å². The van der Waals surface area contributed by atoms with Crippen LogP contribution in [0, 0.1) is 5.82 Å². The average Bonchev–Trinajstić information content (AvgIpc) is 2.72. The van der Waals surface area contributed by atoms with E-state index in [0.717, 1.165) is 4.57 Å². The molecule has 2 N–H and O–H groups in total. The van der Waals surface area contributed by atoms with Gasteiger partial charge in [-0.05, 0) is 0 Å². The van der Waals surface area contributed by atoms with Gasteiger partial charge in [0.25, 0.3) is 5.56 Å². The first kappa shape index (κ1) is 14.0. The van der Waals surface area contributed by atoms with E-state index in [-0.39, 0.29) is 13.0 Å². The van der Waals surface area contributed by atoms with Crippen molar-refractivity contribution in [1.29, 1.82) is 0 Å². The standard InChI is InChI=1S/C9H10FN2O6P/c10-4-2-12(9(15)11-8(4)14)7-1-5(13)6(18-7)3-17-19-16/h2,5-7,13H,1,3H2,(H,11,14,15). The number of hydrogen-bond donors (Lipinski definition) is 2. The molecule has 1 aliphatic heterocycles. The van der Waals surface area contributed by atoms with Gasteiger partial charge < -0.3 is 9.84 Å². The van der Waals surface area contributed by atoms with Crippen molar-refractivity contribution in [3.05, 3.63) is 32.9 Å². The van der Waals surface area contributed by atoms with Gasteiger partial charge in [-0.3, -0.25) is 18.9 Å². The van der Waals surface area contributed by atoms with E-state index in [2.05, 4.69) is 4.52 Å². The van der Waals surface area contributed by atoms with E-state index in [9.17, 15) is 23.7 Å². The van der Waals surface area contributed by atoms with Gasteiger partial charge in [0.1, 0.15) is 12.3 Å². The van der Waals surface area contributed by atoms with Crippen LogP contribution in [0.1, 0.15) is 12.6 Å². The predicted molar refractivity (Wildman–Crippen MR) is 59.4 cm³/mol. The van der Waals surface area contributed by atoms with E-state index in [4.69, 9.17) is 4.74 Å². The second-order valence-corrected chi connectivity index (χ2v) is 4.35. The Kier molecular flexibility index (Phi) is 4.20. The molecular weight excluding hydrogens is 282 g/mol. The zero-order valence-electron chi connectivity index (χ0n) is 9.48. The first-order valence-electron chi connectivity index (χ1n) is 5.32. The molecule has 0 bridgehead atoms. The summed E-state index contributed by atoms with van der Waals surface area (Å²) in [7, 11) is -0.556. The molecule has 8 nitrogen and oxygen atoms in total. The number of aromatic amines is 1. The second kappa shape index (κ2) is 5.70. The Morgan fingerprint density at radius 2 is 2.37 bits per heavy atom. The Hall–Kier alpha value is -1.41. The van der Waals surface area contributed by atoms with Gasteiger partial charge in [0.15, 0.2) is 0 Å². The van der Waals surface area contributed by atoms with Crippen LogP contribution in [0.2, 0.25) is 0 Å². The molecule has 1 aromatic rings. The highest BCUT2D eigenvalue weighted by Crippen LogP contribution is 2.28. The third kappa shape index (κ3) is 2.95. The minimum atomic E-state index is -1.13. The Balaban J connectivity index is 2.20. The zero-order valence-corrected chi connectivity index (χ0v) is 10.4. The number of ether oxygens (including phenoxy) is 1. The van der Waals surface area contributed by atoms with Crippen molar-refractivity contribution in [1.82, 2.24) is 9.55 Å². The van der Waals surface area contributed by atoms with Crippen molar-refractivity contribution >= 4 is 8.69 Å². The molecule has 2 heterocycles. The van der Waals surface area contributed by atoms with Crippen LogP contribution in [0.15, 0.2) is 15.8 Å². The average molecular weight is 292 g/mol. The monoisotopic (exact) mass is 292 g/mol. The second-order valence-electron chi connectivity index (χ2n) is 3.95. The number of aliphatic hydroxyl groups excluding tert-OH is 1. The molecule has 1 aliphatic rings. The van der Waals surface area contributed by atoms with Crippen LogP contribution in [0.3, 0.4) is 0 Å². The predicted octanol–water partition coefficient (Wildman–Crippen LogP) is -0.453. The molecule has 2 rings (SSSR count). The molecular formula is C9H10FN2O6P. The molecule has 19 heavy (non-hydrogen) atoms. The first-order chi connectivity index (χ1) is 9.02. The zero-order chi connectivity index (χ0) is 14.0. The van der Waals surface area contributed by atoms with Crippen molar-refractivity contribution in [2.45, 2.75) is 24.9 Å². The molecule has 1 fully saturated rings. The maximum Gasteiger partial charge on any atom is 0.330 e. The van der Waals surface area contributed by atoms with Gasteiger partial charge >= 0.3 is 14.4 Å². The highest BCUT2D eigenvalue weighted by Gasteiger charge is 2.35. The molecule has 0 aromatic carbocycles. The van der Waals surface area contributed by atoms with E-state index < -0.39 is 44.2 Å². The van der Waals surface area contributed by atoms with Gasteiger partial charge in [-0.15, -0.1) is 0 Å². The number of aromatic nitrogens is 2. The summed E-state index contributed by atoms with van der Waals surface area (Å²) in [5.41, 5.74) is -1.96. The van der Waals surface area contributed by atoms with E-state index in [0.29, 0.717) is 6.20 Å². The highest BCUT2D eigenvalue weighted by atomic mass is 31.1. The lowest BCUT2D eigenvalue weighted by Crippen LogP contribution is -2.34. The minimum Gasteiger partial charge on any atom is -0.390 e. The Bertz CT molecular complexity index is 587. The number of halogens is 1. The van der Waals surface area contributed by atoms with Gasteiger partial charge in [0.05, 0.1) is 18.9 Å². The molecule has 0 spiro atoms. The molecule has 0 aliphatic carbocycles. The summed E-state index contributed by atoms with van der Waals surface area (Å²) >= 11 is 0. The fraction of sp³-hybridized carbons (Fsp3) is 0.556. The molecule has 0 amide bonds. The van der Waals surface area contributed by atoms with Gasteiger partial charge in [0.2, 0.25) is 5.82 Å². The van der Waals surface area contributed by atoms with Crippen molar-refractivity contribution in [2.24, 2.45) is 0 Å². The lowest BCUT2D eigenvalue weighted by molar-refractivity contribution is -0.0394. The molecule has 3 unspecified atom stereocenters. The van der Waals surface area contributed by atoms with E-state index >= 15 is 0 Å². The Labute approximate surface area is 107 Å². The molecule has 104 valence electrons. The minimum absolute atomic E-state index is 0.0230. The molecule has 0 radical (unpaired) electrons. The molecule has 0 saturated carbocycles. The summed E-state index contributed by atoms with van der Waals surface area (Å²) in [6, 6.07) is 0. The SMILES string of the molecule is O=POCC1OC(n2cc(F)c(=O)[nH]c2=O)CC1O. The number of rotatable bonds is 4. The Morgan fingerprint density at radius 3 is 3.05 bits per heavy atom. The number of H-pyrrole nitrogens is 1. The fourth-order valence-electron chi connectivity index (χ4n) is 1.81. The smallest absolute Gasteiger partial charge is 0.330 e. The summed E-state index contributed by atoms with van der Waals surface area (Å²) in [5.74, 6) is -1.13. The van der Waals surface area contributed by atoms with Crippen LogP contribution < -0.4 is 11.2 Å². The van der Waals surface area contributed by atoms with Crippen molar-refractivity contribution in [3.63, 3.8) is 0 Å². The van der Waals surface area contributed by atoms with Crippen LogP contribution in [0.4, 0.5) is 4.39 Å². The maximum absolute atomic E-state index is 13.1. The number of aliphatic hydroxyl groups is 1. The summed E-state index contributed by atoms with van der Waals surface area (Å²) in [5, 5.41) is 9.67. The molecule has 1 aromatic heterocycles. The molecule has 1 saturated heterocycles. The maximum atomic E-state index is 13.1. The highest BCUT2D eigenvalue weighted by molar-refractivity contribution is 7.17.